The molecule has 104 valence electrons. The number of methoxy groups -OCH3 is 2. The van der Waals surface area contributed by atoms with Crippen molar-refractivity contribution in [3.05, 3.63) is 18.2 Å². The number of fused-ring (bicyclic) bond motifs is 1. The Morgan fingerprint density at radius 2 is 2.11 bits per heavy atom. The van der Waals surface area contributed by atoms with E-state index in [1.54, 1.807) is 14.2 Å². The fraction of sp³-hybridized carbons (Fsp3) is 0.600. The van der Waals surface area contributed by atoms with Gasteiger partial charge in [-0.3, -0.25) is 0 Å². The van der Waals surface area contributed by atoms with Crippen LogP contribution in [0, 0.1) is 0 Å². The quantitative estimate of drug-likeness (QED) is 0.904. The van der Waals surface area contributed by atoms with Crippen LogP contribution in [0.15, 0.2) is 18.2 Å². The fourth-order valence-corrected chi connectivity index (χ4v) is 3.41. The zero-order valence-corrected chi connectivity index (χ0v) is 11.7. The van der Waals surface area contributed by atoms with Crippen molar-refractivity contribution in [2.24, 2.45) is 0 Å². The molecule has 0 radical (unpaired) electrons. The second kappa shape index (κ2) is 5.29. The molecule has 0 aromatic heterocycles. The Balaban J connectivity index is 1.92. The summed E-state index contributed by atoms with van der Waals surface area (Å²) in [7, 11) is 3.42. The summed E-state index contributed by atoms with van der Waals surface area (Å²) in [6, 6.07) is 7.36. The topological polar surface area (TPSA) is 33.7 Å². The SMILES string of the molecule is COc1ccc(N2CCNC3CCCC32)c(OC)c1. The van der Waals surface area contributed by atoms with Crippen LogP contribution in [0.5, 0.6) is 11.5 Å². The van der Waals surface area contributed by atoms with Gasteiger partial charge in [0.05, 0.1) is 19.9 Å². The van der Waals surface area contributed by atoms with Gasteiger partial charge in [0.1, 0.15) is 11.5 Å². The number of benzene rings is 1. The Kier molecular flexibility index (Phi) is 3.51. The Morgan fingerprint density at radius 3 is 2.89 bits per heavy atom. The van der Waals surface area contributed by atoms with Crippen molar-refractivity contribution in [1.29, 1.82) is 0 Å². The zero-order valence-electron chi connectivity index (χ0n) is 11.7. The molecule has 1 aliphatic heterocycles. The fourth-order valence-electron chi connectivity index (χ4n) is 3.41. The summed E-state index contributed by atoms with van der Waals surface area (Å²) in [4.78, 5) is 2.51. The first-order valence-electron chi connectivity index (χ1n) is 7.05. The van der Waals surface area contributed by atoms with Crippen molar-refractivity contribution in [2.75, 3.05) is 32.2 Å². The predicted molar refractivity (Wildman–Crippen MR) is 76.3 cm³/mol. The van der Waals surface area contributed by atoms with Gasteiger partial charge in [0.15, 0.2) is 0 Å². The average Bonchev–Trinajstić information content (AvgIpc) is 2.95. The zero-order chi connectivity index (χ0) is 13.2. The minimum Gasteiger partial charge on any atom is -0.497 e. The molecule has 2 unspecified atom stereocenters. The van der Waals surface area contributed by atoms with Crippen molar-refractivity contribution in [2.45, 2.75) is 31.3 Å². The van der Waals surface area contributed by atoms with Crippen LogP contribution >= 0.6 is 0 Å². The van der Waals surface area contributed by atoms with Crippen LogP contribution in [-0.4, -0.2) is 39.4 Å². The lowest BCUT2D eigenvalue weighted by Gasteiger charge is -2.40. The van der Waals surface area contributed by atoms with Crippen LogP contribution in [0.4, 0.5) is 5.69 Å². The molecule has 3 rings (SSSR count). The van der Waals surface area contributed by atoms with Crippen LogP contribution < -0.4 is 19.7 Å². The molecule has 1 saturated heterocycles. The van der Waals surface area contributed by atoms with Gasteiger partial charge in [-0.25, -0.2) is 0 Å². The number of nitrogens with zero attached hydrogens (tertiary/aromatic N) is 1. The smallest absolute Gasteiger partial charge is 0.145 e. The van der Waals surface area contributed by atoms with Crippen LogP contribution in [0.1, 0.15) is 19.3 Å². The molecule has 1 saturated carbocycles. The minimum atomic E-state index is 0.607. The van der Waals surface area contributed by atoms with E-state index in [-0.39, 0.29) is 0 Å². The van der Waals surface area contributed by atoms with Gasteiger partial charge in [-0.15, -0.1) is 0 Å². The van der Waals surface area contributed by atoms with Crippen molar-refractivity contribution in [3.8, 4) is 11.5 Å². The van der Waals surface area contributed by atoms with Gasteiger partial charge in [-0.05, 0) is 31.4 Å². The van der Waals surface area contributed by atoms with E-state index in [0.717, 1.165) is 24.6 Å². The molecule has 1 aromatic carbocycles. The summed E-state index contributed by atoms with van der Waals surface area (Å²) in [5, 5.41) is 3.63. The lowest BCUT2D eigenvalue weighted by molar-refractivity contribution is 0.380. The highest BCUT2D eigenvalue weighted by atomic mass is 16.5. The van der Waals surface area contributed by atoms with Gasteiger partial charge in [0.2, 0.25) is 0 Å². The van der Waals surface area contributed by atoms with Gasteiger partial charge < -0.3 is 19.7 Å². The lowest BCUT2D eigenvalue weighted by atomic mass is 10.1. The first-order chi connectivity index (χ1) is 9.33. The standard InChI is InChI=1S/C15H22N2O2/c1-18-11-6-7-14(15(10-11)19-2)17-9-8-16-12-4-3-5-13(12)17/h6-7,10,12-13,16H,3-5,8-9H2,1-2H3. The van der Waals surface area contributed by atoms with Crippen molar-refractivity contribution >= 4 is 5.69 Å². The number of anilines is 1. The summed E-state index contributed by atoms with van der Waals surface area (Å²) in [5.74, 6) is 1.76. The first kappa shape index (κ1) is 12.6. The molecule has 1 N–H and O–H groups in total. The molecule has 0 spiro atoms. The molecule has 19 heavy (non-hydrogen) atoms. The molecular formula is C15H22N2O2. The third kappa shape index (κ3) is 2.25. The molecule has 1 aliphatic carbocycles. The third-order valence-corrected chi connectivity index (χ3v) is 4.34. The van der Waals surface area contributed by atoms with Gasteiger partial charge in [0, 0.05) is 31.2 Å². The molecular weight excluding hydrogens is 240 g/mol. The summed E-state index contributed by atoms with van der Waals surface area (Å²) < 4.78 is 10.8. The van der Waals surface area contributed by atoms with E-state index in [9.17, 15) is 0 Å². The number of rotatable bonds is 3. The first-order valence-corrected chi connectivity index (χ1v) is 7.05. The van der Waals surface area contributed by atoms with E-state index >= 15 is 0 Å². The van der Waals surface area contributed by atoms with Crippen molar-refractivity contribution in [3.63, 3.8) is 0 Å². The minimum absolute atomic E-state index is 0.607. The average molecular weight is 262 g/mol. The lowest BCUT2D eigenvalue weighted by Crippen LogP contribution is -2.55. The van der Waals surface area contributed by atoms with Gasteiger partial charge in [-0.2, -0.15) is 0 Å². The van der Waals surface area contributed by atoms with Gasteiger partial charge in [-0.1, -0.05) is 0 Å². The van der Waals surface area contributed by atoms with E-state index in [1.807, 2.05) is 12.1 Å². The summed E-state index contributed by atoms with van der Waals surface area (Å²) in [6.07, 6.45) is 3.88. The molecule has 1 aromatic rings. The highest BCUT2D eigenvalue weighted by Gasteiger charge is 2.35. The monoisotopic (exact) mass is 262 g/mol. The number of ether oxygens (including phenoxy) is 2. The summed E-state index contributed by atoms with van der Waals surface area (Å²) in [5.41, 5.74) is 1.20. The Bertz CT molecular complexity index is 450. The maximum atomic E-state index is 5.55. The van der Waals surface area contributed by atoms with Crippen LogP contribution in [0.2, 0.25) is 0 Å². The molecule has 0 bridgehead atoms. The van der Waals surface area contributed by atoms with Crippen LogP contribution in [0.25, 0.3) is 0 Å². The van der Waals surface area contributed by atoms with E-state index in [2.05, 4.69) is 16.3 Å². The number of piperazine rings is 1. The highest BCUT2D eigenvalue weighted by Crippen LogP contribution is 2.37. The maximum Gasteiger partial charge on any atom is 0.145 e. The van der Waals surface area contributed by atoms with Crippen LogP contribution in [0.3, 0.4) is 0 Å². The maximum absolute atomic E-state index is 5.55. The summed E-state index contributed by atoms with van der Waals surface area (Å²) >= 11 is 0. The Hall–Kier alpha value is -1.42. The number of nitrogens with one attached hydrogen (secondary N) is 1. The Labute approximate surface area is 114 Å². The van der Waals surface area contributed by atoms with Gasteiger partial charge >= 0.3 is 0 Å². The molecule has 2 aliphatic rings. The largest absolute Gasteiger partial charge is 0.497 e. The highest BCUT2D eigenvalue weighted by molar-refractivity contribution is 5.62. The molecule has 2 atom stereocenters. The second-order valence-electron chi connectivity index (χ2n) is 5.29. The Morgan fingerprint density at radius 1 is 1.21 bits per heavy atom. The predicted octanol–water partition coefficient (Wildman–Crippen LogP) is 2.03. The van der Waals surface area contributed by atoms with Gasteiger partial charge in [0.25, 0.3) is 0 Å². The van der Waals surface area contributed by atoms with E-state index < -0.39 is 0 Å². The van der Waals surface area contributed by atoms with Crippen molar-refractivity contribution in [1.82, 2.24) is 5.32 Å². The molecule has 0 amide bonds. The summed E-state index contributed by atoms with van der Waals surface area (Å²) in [6.45, 7) is 2.10. The second-order valence-corrected chi connectivity index (χ2v) is 5.29. The molecule has 4 heteroatoms. The molecule has 1 heterocycles. The molecule has 2 fully saturated rings. The van der Waals surface area contributed by atoms with E-state index in [4.69, 9.17) is 9.47 Å². The number of hydrogen-bond donors (Lipinski definition) is 1. The normalized spacial score (nSPS) is 26.1. The number of hydrogen-bond acceptors (Lipinski definition) is 4. The van der Waals surface area contributed by atoms with Crippen LogP contribution in [-0.2, 0) is 0 Å². The molecule has 4 nitrogen and oxygen atoms in total. The van der Waals surface area contributed by atoms with Crippen molar-refractivity contribution < 1.29 is 9.47 Å². The van der Waals surface area contributed by atoms with E-state index in [1.165, 1.54) is 24.9 Å². The van der Waals surface area contributed by atoms with E-state index in [0.29, 0.717) is 12.1 Å². The third-order valence-electron chi connectivity index (χ3n) is 4.34.